The first-order chi connectivity index (χ1) is 24.3. The molecule has 6 aromatic rings. The van der Waals surface area contributed by atoms with Gasteiger partial charge in [-0.05, 0) is 50.8 Å². The summed E-state index contributed by atoms with van der Waals surface area (Å²) in [6.45, 7) is 7.77. The van der Waals surface area contributed by atoms with Gasteiger partial charge in [0.1, 0.15) is 17.5 Å². The maximum Gasteiger partial charge on any atom is 0.261 e. The van der Waals surface area contributed by atoms with Crippen LogP contribution < -0.4 is 26.0 Å². The Bertz CT molecular complexity index is 2100. The Kier molecular flexibility index (Phi) is 10.4. The van der Waals surface area contributed by atoms with Crippen LogP contribution in [-0.4, -0.2) is 37.6 Å². The molecule has 8 heteroatoms. The molecule has 0 aliphatic heterocycles. The first kappa shape index (κ1) is 34.5. The fourth-order valence-corrected chi connectivity index (χ4v) is 11.5. The first-order valence-corrected chi connectivity index (χ1v) is 18.7. The zero-order valence-corrected chi connectivity index (χ0v) is 30.0. The van der Waals surface area contributed by atoms with Crippen LogP contribution in [0.2, 0.25) is 5.04 Å². The van der Waals surface area contributed by atoms with Gasteiger partial charge in [0, 0.05) is 47.9 Å². The third kappa shape index (κ3) is 6.89. The van der Waals surface area contributed by atoms with Crippen LogP contribution in [0.3, 0.4) is 0 Å². The average Bonchev–Trinajstić information content (AvgIpc) is 3.15. The van der Waals surface area contributed by atoms with Crippen molar-refractivity contribution in [3.8, 4) is 22.9 Å². The summed E-state index contributed by atoms with van der Waals surface area (Å²) in [6, 6.07) is 42.2. The molecule has 0 fully saturated rings. The number of pyridine rings is 2. The van der Waals surface area contributed by atoms with Crippen molar-refractivity contribution in [2.45, 2.75) is 44.9 Å². The van der Waals surface area contributed by atoms with Crippen molar-refractivity contribution < 1.29 is 9.16 Å². The zero-order valence-electron chi connectivity index (χ0n) is 29.0. The highest BCUT2D eigenvalue weighted by Crippen LogP contribution is 2.37. The van der Waals surface area contributed by atoms with E-state index in [1.807, 2.05) is 66.9 Å². The molecule has 2 aromatic heterocycles. The molecule has 50 heavy (non-hydrogen) atoms. The topological polar surface area (TPSA) is 89.2 Å². The minimum absolute atomic E-state index is 0.210. The first-order valence-electron chi connectivity index (χ1n) is 16.8. The van der Waals surface area contributed by atoms with Crippen LogP contribution in [0.5, 0.6) is 5.75 Å². The molecular formula is C42H42N4O3Si. The van der Waals surface area contributed by atoms with Crippen LogP contribution in [0.25, 0.3) is 21.9 Å². The van der Waals surface area contributed by atoms with E-state index in [0.717, 1.165) is 11.1 Å². The minimum atomic E-state index is -2.91. The number of hydrogen-bond acceptors (Lipinski definition) is 6. The van der Waals surface area contributed by atoms with Crippen molar-refractivity contribution in [2.24, 2.45) is 0 Å². The minimum Gasteiger partial charge on any atom is -0.497 e. The lowest BCUT2D eigenvalue weighted by molar-refractivity contribution is 0.234. The number of nitrogens with zero attached hydrogens (tertiary/aromatic N) is 3. The largest absolute Gasteiger partial charge is 0.497 e. The summed E-state index contributed by atoms with van der Waals surface area (Å²) < 4.78 is 14.5. The number of aromatic nitrogens is 2. The molecule has 1 atom stereocenters. The second-order valence-corrected chi connectivity index (χ2v) is 17.7. The summed E-state index contributed by atoms with van der Waals surface area (Å²) in [5, 5.41) is 17.7. The highest BCUT2D eigenvalue weighted by atomic mass is 28.4. The number of nitriles is 1. The van der Waals surface area contributed by atoms with Gasteiger partial charge in [-0.3, -0.25) is 14.3 Å². The Morgan fingerprint density at radius 1 is 0.860 bits per heavy atom. The normalized spacial score (nSPS) is 12.4. The lowest BCUT2D eigenvalue weighted by Crippen LogP contribution is -2.67. The second-order valence-electron chi connectivity index (χ2n) is 13.4. The Balaban J connectivity index is 1.49. The number of ether oxygens (including phenoxy) is 1. The van der Waals surface area contributed by atoms with Crippen molar-refractivity contribution in [1.82, 2.24) is 14.9 Å². The zero-order chi connectivity index (χ0) is 35.1. The van der Waals surface area contributed by atoms with E-state index in [1.54, 1.807) is 30.0 Å². The van der Waals surface area contributed by atoms with Gasteiger partial charge < -0.3 is 14.5 Å². The lowest BCUT2D eigenvalue weighted by atomic mass is 9.96. The van der Waals surface area contributed by atoms with Crippen LogP contribution in [0.1, 0.15) is 32.0 Å². The monoisotopic (exact) mass is 678 g/mol. The molecule has 0 radical (unpaired) electrons. The Morgan fingerprint density at radius 2 is 1.50 bits per heavy atom. The van der Waals surface area contributed by atoms with E-state index in [4.69, 9.17) is 9.16 Å². The molecule has 0 saturated heterocycles. The molecule has 1 N–H and O–H groups in total. The van der Waals surface area contributed by atoms with Crippen LogP contribution in [0.15, 0.2) is 139 Å². The van der Waals surface area contributed by atoms with Crippen molar-refractivity contribution in [2.75, 3.05) is 13.7 Å². The van der Waals surface area contributed by atoms with Gasteiger partial charge in [-0.15, -0.1) is 0 Å². The Labute approximate surface area is 294 Å². The number of benzene rings is 4. The molecule has 4 aromatic carbocycles. The van der Waals surface area contributed by atoms with Crippen molar-refractivity contribution in [3.63, 3.8) is 0 Å². The Morgan fingerprint density at radius 3 is 2.06 bits per heavy atom. The van der Waals surface area contributed by atoms with E-state index in [9.17, 15) is 10.1 Å². The SMILES string of the molecule is COc1ccc2c(=O)n(CC(CO[Si](c3ccccc3)(c3ccccc3)C(C)(C)C)NCc3cccnc3)c(C#N)c(-c3ccccc3)c2c1. The maximum absolute atomic E-state index is 14.4. The molecule has 7 nitrogen and oxygen atoms in total. The molecule has 252 valence electrons. The van der Waals surface area contributed by atoms with Gasteiger partial charge in [0.05, 0.1) is 13.7 Å². The van der Waals surface area contributed by atoms with Gasteiger partial charge >= 0.3 is 0 Å². The fraction of sp³-hybridized carbons (Fsp3) is 0.214. The van der Waals surface area contributed by atoms with Gasteiger partial charge in [-0.25, -0.2) is 0 Å². The third-order valence-electron chi connectivity index (χ3n) is 9.29. The van der Waals surface area contributed by atoms with Crippen molar-refractivity contribution >= 4 is 29.5 Å². The molecule has 0 amide bonds. The van der Waals surface area contributed by atoms with E-state index in [1.165, 1.54) is 10.4 Å². The summed E-state index contributed by atoms with van der Waals surface area (Å²) in [6.07, 6.45) is 3.58. The predicted molar refractivity (Wildman–Crippen MR) is 203 cm³/mol. The van der Waals surface area contributed by atoms with Crippen molar-refractivity contribution in [1.29, 1.82) is 5.26 Å². The van der Waals surface area contributed by atoms with Crippen molar-refractivity contribution in [3.05, 3.63) is 155 Å². The molecule has 6 rings (SSSR count). The van der Waals surface area contributed by atoms with E-state index in [-0.39, 0.29) is 23.2 Å². The summed E-state index contributed by atoms with van der Waals surface area (Å²) in [7, 11) is -1.31. The molecule has 0 bridgehead atoms. The number of rotatable bonds is 12. The number of nitrogens with one attached hydrogen (secondary N) is 1. The van der Waals surface area contributed by atoms with Crippen LogP contribution >= 0.6 is 0 Å². The molecule has 0 aliphatic carbocycles. The molecule has 2 heterocycles. The van der Waals surface area contributed by atoms with E-state index in [2.05, 4.69) is 85.7 Å². The van der Waals surface area contributed by atoms with Crippen LogP contribution in [-0.2, 0) is 17.5 Å². The van der Waals surface area contributed by atoms with Crippen LogP contribution in [0.4, 0.5) is 0 Å². The van der Waals surface area contributed by atoms with Crippen LogP contribution in [0, 0.1) is 11.3 Å². The summed E-state index contributed by atoms with van der Waals surface area (Å²) >= 11 is 0. The predicted octanol–water partition coefficient (Wildman–Crippen LogP) is 6.68. The lowest BCUT2D eigenvalue weighted by Gasteiger charge is -2.43. The molecular weight excluding hydrogens is 637 g/mol. The Hall–Kier alpha value is -5.33. The molecule has 0 aliphatic rings. The maximum atomic E-state index is 14.4. The van der Waals surface area contributed by atoms with Gasteiger partial charge in [0.2, 0.25) is 0 Å². The van der Waals surface area contributed by atoms with E-state index < -0.39 is 8.32 Å². The summed E-state index contributed by atoms with van der Waals surface area (Å²) in [5.41, 5.74) is 2.60. The quantitative estimate of drug-likeness (QED) is 0.145. The average molecular weight is 679 g/mol. The molecule has 0 spiro atoms. The standard InChI is InChI=1S/C42H42N4O3Si/c1-42(2,3)50(35-18-10-6-11-19-35,36-20-12-7-13-21-36)49-30-33(45-28-31-15-14-24-44-27-31)29-46-39(26-43)40(32-16-8-5-9-17-32)38-25-34(48-4)22-23-37(38)41(46)47/h5-25,27,33,45H,28-30H2,1-4H3. The molecule has 0 saturated carbocycles. The molecule has 1 unspecified atom stereocenters. The van der Waals surface area contributed by atoms with Gasteiger partial charge in [-0.1, -0.05) is 118 Å². The van der Waals surface area contributed by atoms with E-state index >= 15 is 0 Å². The van der Waals surface area contributed by atoms with Gasteiger partial charge in [0.25, 0.3) is 13.9 Å². The fourth-order valence-electron chi connectivity index (χ4n) is 6.89. The number of methoxy groups -OCH3 is 1. The van der Waals surface area contributed by atoms with Gasteiger partial charge in [-0.2, -0.15) is 5.26 Å². The summed E-state index contributed by atoms with van der Waals surface area (Å²) in [4.78, 5) is 18.7. The number of fused-ring (bicyclic) bond motifs is 1. The second kappa shape index (κ2) is 15.1. The smallest absolute Gasteiger partial charge is 0.261 e. The highest BCUT2D eigenvalue weighted by Gasteiger charge is 2.50. The van der Waals surface area contributed by atoms with Gasteiger partial charge in [0.15, 0.2) is 0 Å². The third-order valence-corrected chi connectivity index (χ3v) is 14.3. The highest BCUT2D eigenvalue weighted by molar-refractivity contribution is 6.99. The van der Waals surface area contributed by atoms with E-state index in [0.29, 0.717) is 40.9 Å². The summed E-state index contributed by atoms with van der Waals surface area (Å²) in [5.74, 6) is 0.616. The number of hydrogen-bond donors (Lipinski definition) is 1.